The van der Waals surface area contributed by atoms with Crippen molar-refractivity contribution in [3.05, 3.63) is 34.1 Å². The van der Waals surface area contributed by atoms with Crippen molar-refractivity contribution in [2.75, 3.05) is 6.61 Å². The molecule has 2 nitrogen and oxygen atoms in total. The normalized spacial score (nSPS) is 14.5. The zero-order valence-electron chi connectivity index (χ0n) is 11.0. The molecule has 18 heavy (non-hydrogen) atoms. The van der Waals surface area contributed by atoms with E-state index in [0.29, 0.717) is 18.6 Å². The Hall–Kier alpha value is -0.450. The van der Waals surface area contributed by atoms with Crippen molar-refractivity contribution in [3.63, 3.8) is 0 Å². The number of rotatable bonds is 7. The Kier molecular flexibility index (Phi) is 6.82. The van der Waals surface area contributed by atoms with Crippen LogP contribution in [0.15, 0.2) is 22.7 Å². The van der Waals surface area contributed by atoms with Crippen molar-refractivity contribution in [2.24, 2.45) is 5.73 Å². The molecule has 0 heterocycles. The third kappa shape index (κ3) is 4.67. The highest BCUT2D eigenvalue weighted by molar-refractivity contribution is 9.10. The van der Waals surface area contributed by atoms with Crippen LogP contribution in [0.25, 0.3) is 0 Å². The van der Waals surface area contributed by atoms with E-state index in [1.807, 2.05) is 13.0 Å². The molecule has 0 saturated heterocycles. The summed E-state index contributed by atoms with van der Waals surface area (Å²) in [5.74, 6) is -0.216. The molecule has 2 N–H and O–H groups in total. The maximum absolute atomic E-state index is 13.7. The zero-order valence-corrected chi connectivity index (χ0v) is 12.5. The molecule has 0 saturated carbocycles. The average Bonchev–Trinajstić information content (AvgIpc) is 2.32. The minimum absolute atomic E-state index is 0.00282. The predicted molar refractivity (Wildman–Crippen MR) is 76.1 cm³/mol. The van der Waals surface area contributed by atoms with E-state index in [1.165, 1.54) is 6.07 Å². The third-order valence-electron chi connectivity index (χ3n) is 2.90. The van der Waals surface area contributed by atoms with Crippen LogP contribution in [0, 0.1) is 5.82 Å². The van der Waals surface area contributed by atoms with E-state index < -0.39 is 0 Å². The Morgan fingerprint density at radius 2 is 2.11 bits per heavy atom. The molecule has 0 fully saturated rings. The smallest absolute Gasteiger partial charge is 0.127 e. The molecular weight excluding hydrogens is 297 g/mol. The fourth-order valence-corrected chi connectivity index (χ4v) is 2.33. The fraction of sp³-hybridized carbons (Fsp3) is 0.571. The minimum atomic E-state index is -0.216. The molecule has 0 aromatic heterocycles. The lowest BCUT2D eigenvalue weighted by molar-refractivity contribution is 0.0377. The molecule has 1 aromatic carbocycles. The first-order valence-corrected chi connectivity index (χ1v) is 7.18. The van der Waals surface area contributed by atoms with E-state index in [9.17, 15) is 4.39 Å². The average molecular weight is 318 g/mol. The molecule has 0 aliphatic carbocycles. The monoisotopic (exact) mass is 317 g/mol. The lowest BCUT2D eigenvalue weighted by Gasteiger charge is -2.23. The van der Waals surface area contributed by atoms with Gasteiger partial charge in [-0.25, -0.2) is 4.39 Å². The molecule has 1 rings (SSSR count). The van der Waals surface area contributed by atoms with Gasteiger partial charge in [0, 0.05) is 17.1 Å². The first kappa shape index (κ1) is 15.6. The summed E-state index contributed by atoms with van der Waals surface area (Å²) >= 11 is 3.25. The largest absolute Gasteiger partial charge is 0.377 e. The van der Waals surface area contributed by atoms with Gasteiger partial charge in [-0.3, -0.25) is 0 Å². The summed E-state index contributed by atoms with van der Waals surface area (Å²) in [5, 5.41) is 0. The van der Waals surface area contributed by atoms with Crippen LogP contribution in [-0.2, 0) is 11.2 Å². The van der Waals surface area contributed by atoms with Crippen LogP contribution in [0.5, 0.6) is 0 Å². The standard InChI is InChI=1S/C14H21BrFNO/c1-3-5-14(18-4-2)13(17)8-10-6-7-11(15)9-12(10)16/h6-7,9,13-14H,3-5,8,17H2,1-2H3. The van der Waals surface area contributed by atoms with E-state index in [-0.39, 0.29) is 18.0 Å². The lowest BCUT2D eigenvalue weighted by Crippen LogP contribution is -2.38. The van der Waals surface area contributed by atoms with Gasteiger partial charge < -0.3 is 10.5 Å². The second-order valence-electron chi connectivity index (χ2n) is 4.39. The van der Waals surface area contributed by atoms with Gasteiger partial charge in [0.2, 0.25) is 0 Å². The third-order valence-corrected chi connectivity index (χ3v) is 3.40. The number of halogens is 2. The van der Waals surface area contributed by atoms with Gasteiger partial charge in [-0.15, -0.1) is 0 Å². The van der Waals surface area contributed by atoms with Crippen LogP contribution >= 0.6 is 15.9 Å². The summed E-state index contributed by atoms with van der Waals surface area (Å²) in [6, 6.07) is 4.91. The fourth-order valence-electron chi connectivity index (χ4n) is 1.99. The van der Waals surface area contributed by atoms with Crippen molar-refractivity contribution < 1.29 is 9.13 Å². The maximum Gasteiger partial charge on any atom is 0.127 e. The summed E-state index contributed by atoms with van der Waals surface area (Å²) in [6.07, 6.45) is 2.43. The van der Waals surface area contributed by atoms with Crippen molar-refractivity contribution >= 4 is 15.9 Å². The van der Waals surface area contributed by atoms with E-state index in [1.54, 1.807) is 6.07 Å². The molecule has 0 aliphatic heterocycles. The van der Waals surface area contributed by atoms with Crippen molar-refractivity contribution in [1.82, 2.24) is 0 Å². The molecule has 0 aliphatic rings. The molecule has 2 atom stereocenters. The molecule has 4 heteroatoms. The number of hydrogen-bond donors (Lipinski definition) is 1. The Labute approximate surface area is 117 Å². The van der Waals surface area contributed by atoms with E-state index in [2.05, 4.69) is 22.9 Å². The Bertz CT molecular complexity index is 367. The van der Waals surface area contributed by atoms with Crippen LogP contribution in [0.2, 0.25) is 0 Å². The van der Waals surface area contributed by atoms with Gasteiger partial charge in [-0.05, 0) is 37.5 Å². The summed E-state index contributed by atoms with van der Waals surface area (Å²) in [4.78, 5) is 0. The number of hydrogen-bond acceptors (Lipinski definition) is 2. The second-order valence-corrected chi connectivity index (χ2v) is 5.30. The number of ether oxygens (including phenoxy) is 1. The Morgan fingerprint density at radius 1 is 1.39 bits per heavy atom. The molecule has 0 radical (unpaired) electrons. The van der Waals surface area contributed by atoms with Crippen LogP contribution in [0.4, 0.5) is 4.39 Å². The quantitative estimate of drug-likeness (QED) is 0.833. The molecule has 2 unspecified atom stereocenters. The summed E-state index contributed by atoms with van der Waals surface area (Å²) in [6.45, 7) is 4.69. The lowest BCUT2D eigenvalue weighted by atomic mass is 9.99. The topological polar surface area (TPSA) is 35.2 Å². The van der Waals surface area contributed by atoms with Gasteiger partial charge in [0.1, 0.15) is 5.82 Å². The maximum atomic E-state index is 13.7. The van der Waals surface area contributed by atoms with E-state index in [4.69, 9.17) is 10.5 Å². The SMILES string of the molecule is CCCC(OCC)C(N)Cc1ccc(Br)cc1F. The van der Waals surface area contributed by atoms with Crippen LogP contribution in [0.1, 0.15) is 32.3 Å². The van der Waals surface area contributed by atoms with Crippen LogP contribution < -0.4 is 5.73 Å². The summed E-state index contributed by atoms with van der Waals surface area (Å²) < 4.78 is 20.1. The van der Waals surface area contributed by atoms with Gasteiger partial charge >= 0.3 is 0 Å². The first-order chi connectivity index (χ1) is 8.58. The zero-order chi connectivity index (χ0) is 13.5. The Morgan fingerprint density at radius 3 is 2.67 bits per heavy atom. The van der Waals surface area contributed by atoms with Gasteiger partial charge in [-0.2, -0.15) is 0 Å². The van der Waals surface area contributed by atoms with Crippen molar-refractivity contribution in [2.45, 2.75) is 45.3 Å². The van der Waals surface area contributed by atoms with Gasteiger partial charge in [0.25, 0.3) is 0 Å². The summed E-state index contributed by atoms with van der Waals surface area (Å²) in [7, 11) is 0. The second kappa shape index (κ2) is 7.87. The minimum Gasteiger partial charge on any atom is -0.377 e. The highest BCUT2D eigenvalue weighted by Gasteiger charge is 2.19. The van der Waals surface area contributed by atoms with Gasteiger partial charge in [-0.1, -0.05) is 35.3 Å². The molecule has 102 valence electrons. The molecule has 0 amide bonds. The van der Waals surface area contributed by atoms with Crippen molar-refractivity contribution in [3.8, 4) is 0 Å². The number of benzene rings is 1. The highest BCUT2D eigenvalue weighted by atomic mass is 79.9. The molecule has 1 aromatic rings. The van der Waals surface area contributed by atoms with Crippen LogP contribution in [0.3, 0.4) is 0 Å². The van der Waals surface area contributed by atoms with E-state index in [0.717, 1.165) is 17.3 Å². The first-order valence-electron chi connectivity index (χ1n) is 6.39. The van der Waals surface area contributed by atoms with Gasteiger partial charge in [0.05, 0.1) is 6.10 Å². The molecule has 0 spiro atoms. The Balaban J connectivity index is 2.69. The molecule has 0 bridgehead atoms. The highest BCUT2D eigenvalue weighted by Crippen LogP contribution is 2.18. The predicted octanol–water partition coefficient (Wildman–Crippen LogP) is 3.66. The van der Waals surface area contributed by atoms with Crippen LogP contribution in [-0.4, -0.2) is 18.8 Å². The molecular formula is C14H21BrFNO. The van der Waals surface area contributed by atoms with E-state index >= 15 is 0 Å². The number of nitrogens with two attached hydrogens (primary N) is 1. The van der Waals surface area contributed by atoms with Gasteiger partial charge in [0.15, 0.2) is 0 Å². The summed E-state index contributed by atoms with van der Waals surface area (Å²) in [5.41, 5.74) is 6.77. The van der Waals surface area contributed by atoms with Crippen molar-refractivity contribution in [1.29, 1.82) is 0 Å².